The zero-order valence-electron chi connectivity index (χ0n) is 28.5. The third kappa shape index (κ3) is 5.26. The highest BCUT2D eigenvalue weighted by Gasteiger charge is 2.71. The van der Waals surface area contributed by atoms with Gasteiger partial charge in [0.15, 0.2) is 6.29 Å². The van der Waals surface area contributed by atoms with Gasteiger partial charge < -0.3 is 40.1 Å². The summed E-state index contributed by atoms with van der Waals surface area (Å²) in [5.41, 5.74) is 0.122. The monoisotopic (exact) mass is 622 g/mol. The van der Waals surface area contributed by atoms with Gasteiger partial charge in [0.05, 0.1) is 24.4 Å². The average Bonchev–Trinajstić information content (AvgIpc) is 3.32. The molecular weight excluding hydrogens is 560 g/mol. The number of aliphatic hydroxyl groups excluding tert-OH is 5. The first-order valence-corrected chi connectivity index (χ1v) is 17.3. The lowest BCUT2D eigenvalue weighted by Gasteiger charge is -2.70. The summed E-state index contributed by atoms with van der Waals surface area (Å²) >= 11 is 0. The molecule has 44 heavy (non-hydrogen) atoms. The predicted molar refractivity (Wildman–Crippen MR) is 168 cm³/mol. The summed E-state index contributed by atoms with van der Waals surface area (Å²) in [6, 6.07) is 0. The summed E-state index contributed by atoms with van der Waals surface area (Å²) < 4.78 is 12.2. The van der Waals surface area contributed by atoms with Crippen molar-refractivity contribution in [1.29, 1.82) is 0 Å². The Morgan fingerprint density at radius 1 is 0.886 bits per heavy atom. The van der Waals surface area contributed by atoms with E-state index in [0.29, 0.717) is 18.3 Å². The molecule has 1 aliphatic heterocycles. The smallest absolute Gasteiger partial charge is 0.186 e. The second-order valence-corrected chi connectivity index (χ2v) is 17.3. The highest BCUT2D eigenvalue weighted by molar-refractivity contribution is 5.20. The third-order valence-corrected chi connectivity index (χ3v) is 14.5. The van der Waals surface area contributed by atoms with Crippen molar-refractivity contribution in [2.24, 2.45) is 45.3 Å². The van der Waals surface area contributed by atoms with Crippen LogP contribution < -0.4 is 0 Å². The normalized spacial score (nSPS) is 51.5. The van der Waals surface area contributed by atoms with Gasteiger partial charge in [0, 0.05) is 0 Å². The second kappa shape index (κ2) is 11.8. The molecule has 0 aromatic carbocycles. The minimum Gasteiger partial charge on any atom is -0.394 e. The van der Waals surface area contributed by atoms with Crippen LogP contribution in [0.4, 0.5) is 0 Å². The van der Waals surface area contributed by atoms with Crippen LogP contribution in [0.1, 0.15) is 113 Å². The summed E-state index contributed by atoms with van der Waals surface area (Å²) in [4.78, 5) is 0. The Labute approximate surface area is 265 Å². The van der Waals surface area contributed by atoms with E-state index in [4.69, 9.17) is 9.47 Å². The Morgan fingerprint density at radius 3 is 2.18 bits per heavy atom. The molecule has 4 saturated carbocycles. The van der Waals surface area contributed by atoms with E-state index in [1.807, 2.05) is 6.92 Å². The highest BCUT2D eigenvalue weighted by atomic mass is 16.7. The van der Waals surface area contributed by atoms with Crippen LogP contribution in [0.15, 0.2) is 11.6 Å². The van der Waals surface area contributed by atoms with E-state index in [2.05, 4.69) is 54.5 Å². The molecule has 0 aromatic heterocycles. The first-order chi connectivity index (χ1) is 20.3. The SMILES string of the molecule is CC(C)=CCC[C@](C)(O)[C@H]1CC[C@]2(C)[C@@H]1[C@H](O)C[C@@H]1[C@@]3(C)CC[C@H](OC4OC(CO)C(O)C(O)C4O)C(C)(C)[C@@H]3CC[C@]12C. The van der Waals surface area contributed by atoms with E-state index in [-0.39, 0.29) is 39.6 Å². The van der Waals surface area contributed by atoms with Crippen LogP contribution in [0.3, 0.4) is 0 Å². The molecule has 5 aliphatic rings. The Hall–Kier alpha value is -0.580. The molecule has 5 fully saturated rings. The van der Waals surface area contributed by atoms with Gasteiger partial charge in [-0.25, -0.2) is 0 Å². The van der Waals surface area contributed by atoms with Gasteiger partial charge in [-0.05, 0) is 124 Å². The first-order valence-electron chi connectivity index (χ1n) is 17.3. The lowest BCUT2D eigenvalue weighted by Crippen LogP contribution is -2.67. The predicted octanol–water partition coefficient (Wildman–Crippen LogP) is 4.32. The Bertz CT molecular complexity index is 1070. The average molecular weight is 623 g/mol. The van der Waals surface area contributed by atoms with E-state index in [0.717, 1.165) is 51.4 Å². The van der Waals surface area contributed by atoms with E-state index in [1.54, 1.807) is 0 Å². The van der Waals surface area contributed by atoms with Crippen molar-refractivity contribution in [3.8, 4) is 0 Å². The Kier molecular flexibility index (Phi) is 9.35. The van der Waals surface area contributed by atoms with Crippen LogP contribution in [0.2, 0.25) is 0 Å². The third-order valence-electron chi connectivity index (χ3n) is 14.5. The van der Waals surface area contributed by atoms with Crippen molar-refractivity contribution in [2.45, 2.75) is 162 Å². The maximum atomic E-state index is 12.0. The van der Waals surface area contributed by atoms with Gasteiger partial charge in [-0.3, -0.25) is 0 Å². The molecule has 1 saturated heterocycles. The van der Waals surface area contributed by atoms with Gasteiger partial charge in [0.1, 0.15) is 24.4 Å². The number of fused-ring (bicyclic) bond motifs is 5. The summed E-state index contributed by atoms with van der Waals surface area (Å²) in [6.45, 7) is 17.5. The van der Waals surface area contributed by atoms with Crippen molar-refractivity contribution in [3.05, 3.63) is 11.6 Å². The lowest BCUT2D eigenvalue weighted by atomic mass is 9.35. The molecule has 0 aromatic rings. The zero-order valence-corrected chi connectivity index (χ0v) is 28.5. The van der Waals surface area contributed by atoms with Crippen LogP contribution in [0, 0.1) is 45.3 Å². The zero-order chi connectivity index (χ0) is 32.6. The molecule has 1 heterocycles. The summed E-state index contributed by atoms with van der Waals surface area (Å²) in [5.74, 6) is 0.792. The van der Waals surface area contributed by atoms with Crippen LogP contribution in [-0.4, -0.2) is 85.8 Å². The molecule has 8 heteroatoms. The van der Waals surface area contributed by atoms with E-state index >= 15 is 0 Å². The summed E-state index contributed by atoms with van der Waals surface area (Å²) in [6.07, 6.45) is 3.15. The van der Waals surface area contributed by atoms with Crippen LogP contribution in [-0.2, 0) is 9.47 Å². The first kappa shape index (κ1) is 34.7. The topological polar surface area (TPSA) is 140 Å². The largest absolute Gasteiger partial charge is 0.394 e. The number of rotatable bonds is 7. The van der Waals surface area contributed by atoms with Gasteiger partial charge >= 0.3 is 0 Å². The Balaban J connectivity index is 1.37. The van der Waals surface area contributed by atoms with Gasteiger partial charge in [0.2, 0.25) is 0 Å². The van der Waals surface area contributed by atoms with Gasteiger partial charge in [0.25, 0.3) is 0 Å². The molecule has 254 valence electrons. The van der Waals surface area contributed by atoms with Crippen molar-refractivity contribution < 1.29 is 40.1 Å². The van der Waals surface area contributed by atoms with E-state index < -0.39 is 49.0 Å². The van der Waals surface area contributed by atoms with E-state index in [1.165, 1.54) is 5.57 Å². The van der Waals surface area contributed by atoms with Crippen LogP contribution in [0.25, 0.3) is 0 Å². The van der Waals surface area contributed by atoms with Gasteiger partial charge in [-0.2, -0.15) is 0 Å². The maximum Gasteiger partial charge on any atom is 0.186 e. The quantitative estimate of drug-likeness (QED) is 0.182. The molecule has 0 amide bonds. The van der Waals surface area contributed by atoms with E-state index in [9.17, 15) is 30.6 Å². The molecular formula is C36H62O8. The maximum absolute atomic E-state index is 12.0. The molecule has 6 N–H and O–H groups in total. The lowest BCUT2D eigenvalue weighted by molar-refractivity contribution is -0.332. The van der Waals surface area contributed by atoms with Crippen molar-refractivity contribution in [2.75, 3.05) is 6.61 Å². The molecule has 5 rings (SSSR count). The fourth-order valence-electron chi connectivity index (χ4n) is 11.9. The Morgan fingerprint density at radius 2 is 1.55 bits per heavy atom. The van der Waals surface area contributed by atoms with Gasteiger partial charge in [-0.1, -0.05) is 46.3 Å². The van der Waals surface area contributed by atoms with Crippen molar-refractivity contribution >= 4 is 0 Å². The standard InChI is InChI=1S/C36H62O8/c1-20(2)10-9-14-36(8,42)21-11-16-35(7)27(21)22(38)18-25-33(5)15-13-26(32(3,4)24(33)12-17-34(25,35)6)44-31-30(41)29(40)28(39)23(19-37)43-31/h10,21-31,37-42H,9,11-19H2,1-8H3/t21-,22+,23?,24-,25+,26-,27-,28?,29?,30?,31?,33-,34+,35+,36-/m0/s1. The van der Waals surface area contributed by atoms with Crippen molar-refractivity contribution in [3.63, 3.8) is 0 Å². The summed E-state index contributed by atoms with van der Waals surface area (Å²) in [7, 11) is 0. The molecule has 8 nitrogen and oxygen atoms in total. The summed E-state index contributed by atoms with van der Waals surface area (Å²) in [5, 5.41) is 64.8. The minimum atomic E-state index is -1.46. The fourth-order valence-corrected chi connectivity index (χ4v) is 11.9. The number of ether oxygens (including phenoxy) is 2. The molecule has 15 atom stereocenters. The highest BCUT2D eigenvalue weighted by Crippen LogP contribution is 2.76. The number of hydrogen-bond donors (Lipinski definition) is 6. The number of hydrogen-bond acceptors (Lipinski definition) is 8. The molecule has 0 spiro atoms. The van der Waals surface area contributed by atoms with Gasteiger partial charge in [-0.15, -0.1) is 0 Å². The minimum absolute atomic E-state index is 0.0231. The number of allylic oxidation sites excluding steroid dienone is 2. The second-order valence-electron chi connectivity index (χ2n) is 17.3. The molecule has 0 bridgehead atoms. The van der Waals surface area contributed by atoms with Crippen LogP contribution in [0.5, 0.6) is 0 Å². The molecule has 0 radical (unpaired) electrons. The van der Waals surface area contributed by atoms with Crippen LogP contribution >= 0.6 is 0 Å². The fraction of sp³-hybridized carbons (Fsp3) is 0.944. The molecule has 5 unspecified atom stereocenters. The number of aliphatic hydroxyl groups is 6. The van der Waals surface area contributed by atoms with Crippen molar-refractivity contribution in [1.82, 2.24) is 0 Å². The molecule has 4 aliphatic carbocycles.